The molecule has 1 amide bonds. The summed E-state index contributed by atoms with van der Waals surface area (Å²) in [5.74, 6) is 0.126. The second-order valence-corrected chi connectivity index (χ2v) is 6.40. The Morgan fingerprint density at radius 2 is 2.05 bits per heavy atom. The number of carbonyl (C=O) groups excluding carboxylic acids is 1. The van der Waals surface area contributed by atoms with Crippen LogP contribution in [0.3, 0.4) is 0 Å². The molecule has 0 N–H and O–H groups in total. The maximum Gasteiger partial charge on any atom is 0.253 e. The molecule has 1 heterocycles. The highest BCUT2D eigenvalue weighted by Crippen LogP contribution is 2.21. The Bertz CT molecular complexity index is 481. The van der Waals surface area contributed by atoms with Crippen molar-refractivity contribution < 1.29 is 4.79 Å². The van der Waals surface area contributed by atoms with E-state index in [1.807, 2.05) is 37.1 Å². The van der Waals surface area contributed by atoms with Crippen LogP contribution in [0.15, 0.2) is 22.7 Å². The molecule has 3 nitrogen and oxygen atoms in total. The minimum absolute atomic E-state index is 0.126. The van der Waals surface area contributed by atoms with Crippen LogP contribution in [-0.4, -0.2) is 48.4 Å². The van der Waals surface area contributed by atoms with Crippen molar-refractivity contribution in [3.8, 4) is 0 Å². The summed E-state index contributed by atoms with van der Waals surface area (Å²) in [6.07, 6.45) is 2.15. The lowest BCUT2D eigenvalue weighted by molar-refractivity contribution is 0.0647. The molecule has 20 heavy (non-hydrogen) atoms. The molecular formula is C16H23BrN2O. The summed E-state index contributed by atoms with van der Waals surface area (Å²) in [6, 6.07) is 6.20. The van der Waals surface area contributed by atoms with Crippen LogP contribution < -0.4 is 0 Å². The molecule has 2 rings (SSSR count). The molecule has 1 aliphatic heterocycles. The van der Waals surface area contributed by atoms with E-state index in [-0.39, 0.29) is 5.91 Å². The van der Waals surface area contributed by atoms with E-state index in [2.05, 4.69) is 27.8 Å². The normalized spacial score (nSPS) is 17.2. The molecule has 1 fully saturated rings. The van der Waals surface area contributed by atoms with Gasteiger partial charge < -0.3 is 9.80 Å². The van der Waals surface area contributed by atoms with Crippen molar-refractivity contribution >= 4 is 21.8 Å². The van der Waals surface area contributed by atoms with Gasteiger partial charge in [-0.15, -0.1) is 0 Å². The van der Waals surface area contributed by atoms with Gasteiger partial charge in [-0.25, -0.2) is 0 Å². The van der Waals surface area contributed by atoms with Gasteiger partial charge in [0.1, 0.15) is 0 Å². The topological polar surface area (TPSA) is 23.6 Å². The van der Waals surface area contributed by atoms with Crippen LogP contribution in [0.2, 0.25) is 0 Å². The number of piperidine rings is 1. The first-order valence-corrected chi connectivity index (χ1v) is 8.08. The highest BCUT2D eigenvalue weighted by molar-refractivity contribution is 9.10. The fourth-order valence-electron chi connectivity index (χ4n) is 2.72. The maximum absolute atomic E-state index is 12.5. The Morgan fingerprint density at radius 3 is 2.60 bits per heavy atom. The van der Waals surface area contributed by atoms with Crippen LogP contribution in [-0.2, 0) is 0 Å². The lowest BCUT2D eigenvalue weighted by atomic mass is 10.0. The van der Waals surface area contributed by atoms with E-state index in [1.54, 1.807) is 0 Å². The first-order chi connectivity index (χ1) is 9.52. The van der Waals surface area contributed by atoms with Gasteiger partial charge in [-0.2, -0.15) is 0 Å². The van der Waals surface area contributed by atoms with Crippen LogP contribution in [0.25, 0.3) is 0 Å². The van der Waals surface area contributed by atoms with Crippen LogP contribution in [0, 0.1) is 6.92 Å². The second-order valence-electron chi connectivity index (χ2n) is 5.55. The number of rotatable bonds is 3. The quantitative estimate of drug-likeness (QED) is 0.844. The largest absolute Gasteiger partial charge is 0.339 e. The molecule has 1 aromatic rings. The van der Waals surface area contributed by atoms with Gasteiger partial charge in [0, 0.05) is 36.2 Å². The summed E-state index contributed by atoms with van der Waals surface area (Å²) in [5, 5.41) is 0. The number of halogens is 1. The Labute approximate surface area is 130 Å². The minimum atomic E-state index is 0.126. The van der Waals surface area contributed by atoms with E-state index >= 15 is 0 Å². The van der Waals surface area contributed by atoms with E-state index in [1.165, 1.54) is 0 Å². The van der Waals surface area contributed by atoms with Gasteiger partial charge in [-0.3, -0.25) is 4.79 Å². The Balaban J connectivity index is 2.03. The van der Waals surface area contributed by atoms with Gasteiger partial charge >= 0.3 is 0 Å². The molecule has 0 radical (unpaired) electrons. The van der Waals surface area contributed by atoms with E-state index < -0.39 is 0 Å². The van der Waals surface area contributed by atoms with Crippen LogP contribution >= 0.6 is 15.9 Å². The lowest BCUT2D eigenvalue weighted by Crippen LogP contribution is -2.45. The van der Waals surface area contributed by atoms with Crippen molar-refractivity contribution in [2.45, 2.75) is 32.7 Å². The molecule has 0 bridgehead atoms. The zero-order chi connectivity index (χ0) is 14.7. The average Bonchev–Trinajstić information content (AvgIpc) is 2.48. The summed E-state index contributed by atoms with van der Waals surface area (Å²) in [7, 11) is 1.93. The standard InChI is InChI=1S/C16H23BrN2O/c1-4-19-9-7-14(8-10-19)18(3)16(20)13-6-5-12(2)15(17)11-13/h5-6,11,14H,4,7-10H2,1-3H3. The zero-order valence-electron chi connectivity index (χ0n) is 12.5. The van der Waals surface area contributed by atoms with Gasteiger partial charge in [0.15, 0.2) is 0 Å². The number of benzene rings is 1. The molecule has 1 saturated heterocycles. The highest BCUT2D eigenvalue weighted by Gasteiger charge is 2.25. The Hall–Kier alpha value is -0.870. The lowest BCUT2D eigenvalue weighted by Gasteiger charge is -2.36. The molecule has 110 valence electrons. The van der Waals surface area contributed by atoms with Crippen molar-refractivity contribution in [1.29, 1.82) is 0 Å². The van der Waals surface area contributed by atoms with Crippen molar-refractivity contribution in [3.05, 3.63) is 33.8 Å². The van der Waals surface area contributed by atoms with Crippen molar-refractivity contribution in [2.75, 3.05) is 26.7 Å². The number of hydrogen-bond donors (Lipinski definition) is 0. The van der Waals surface area contributed by atoms with E-state index in [0.29, 0.717) is 6.04 Å². The Morgan fingerprint density at radius 1 is 1.40 bits per heavy atom. The number of hydrogen-bond acceptors (Lipinski definition) is 2. The highest BCUT2D eigenvalue weighted by atomic mass is 79.9. The zero-order valence-corrected chi connectivity index (χ0v) is 14.1. The third-order valence-electron chi connectivity index (χ3n) is 4.29. The molecule has 1 aliphatic rings. The molecular weight excluding hydrogens is 316 g/mol. The van der Waals surface area contributed by atoms with Crippen LogP contribution in [0.1, 0.15) is 35.7 Å². The third kappa shape index (κ3) is 3.41. The fourth-order valence-corrected chi connectivity index (χ4v) is 3.10. The summed E-state index contributed by atoms with van der Waals surface area (Å²) < 4.78 is 0.998. The molecule has 0 atom stereocenters. The first-order valence-electron chi connectivity index (χ1n) is 7.28. The van der Waals surface area contributed by atoms with Gasteiger partial charge in [-0.05, 0) is 44.0 Å². The molecule has 0 aromatic heterocycles. The molecule has 0 spiro atoms. The summed E-state index contributed by atoms with van der Waals surface area (Å²) >= 11 is 3.50. The van der Waals surface area contributed by atoms with E-state index in [9.17, 15) is 4.79 Å². The van der Waals surface area contributed by atoms with Crippen molar-refractivity contribution in [2.24, 2.45) is 0 Å². The monoisotopic (exact) mass is 338 g/mol. The van der Waals surface area contributed by atoms with Crippen molar-refractivity contribution in [3.63, 3.8) is 0 Å². The number of likely N-dealkylation sites (tertiary alicyclic amines) is 1. The van der Waals surface area contributed by atoms with Crippen molar-refractivity contribution in [1.82, 2.24) is 9.80 Å². The Kier molecular flexibility index (Phi) is 5.22. The van der Waals surface area contributed by atoms with Crippen LogP contribution in [0.5, 0.6) is 0 Å². The average molecular weight is 339 g/mol. The first kappa shape index (κ1) is 15.5. The smallest absolute Gasteiger partial charge is 0.253 e. The third-order valence-corrected chi connectivity index (χ3v) is 5.15. The minimum Gasteiger partial charge on any atom is -0.339 e. The van der Waals surface area contributed by atoms with Gasteiger partial charge in [0.25, 0.3) is 5.91 Å². The fraction of sp³-hybridized carbons (Fsp3) is 0.562. The number of amides is 1. The number of carbonyl (C=O) groups is 1. The molecule has 4 heteroatoms. The number of nitrogens with zero attached hydrogens (tertiary/aromatic N) is 2. The van der Waals surface area contributed by atoms with E-state index in [4.69, 9.17) is 0 Å². The summed E-state index contributed by atoms with van der Waals surface area (Å²) in [6.45, 7) is 7.52. The molecule has 1 aromatic carbocycles. The molecule has 0 unspecified atom stereocenters. The predicted molar refractivity (Wildman–Crippen MR) is 86.1 cm³/mol. The molecule has 0 aliphatic carbocycles. The van der Waals surface area contributed by atoms with Gasteiger partial charge in [-0.1, -0.05) is 28.9 Å². The molecule has 0 saturated carbocycles. The maximum atomic E-state index is 12.5. The van der Waals surface area contributed by atoms with Gasteiger partial charge in [0.05, 0.1) is 0 Å². The number of aryl methyl sites for hydroxylation is 1. The van der Waals surface area contributed by atoms with Crippen LogP contribution in [0.4, 0.5) is 0 Å². The van der Waals surface area contributed by atoms with E-state index in [0.717, 1.165) is 48.1 Å². The summed E-state index contributed by atoms with van der Waals surface area (Å²) in [4.78, 5) is 16.9. The second kappa shape index (κ2) is 6.72. The predicted octanol–water partition coefficient (Wildman–Crippen LogP) is 3.31. The SMILES string of the molecule is CCN1CCC(N(C)C(=O)c2ccc(C)c(Br)c2)CC1. The summed E-state index contributed by atoms with van der Waals surface area (Å²) in [5.41, 5.74) is 1.92. The van der Waals surface area contributed by atoms with Gasteiger partial charge in [0.2, 0.25) is 0 Å².